The number of hydrogen-bond donors (Lipinski definition) is 1. The first kappa shape index (κ1) is 27.7. The molecule has 1 aliphatic carbocycles. The van der Waals surface area contributed by atoms with Crippen LogP contribution in [0.5, 0.6) is 11.5 Å². The summed E-state index contributed by atoms with van der Waals surface area (Å²) in [7, 11) is 3.99. The molecule has 204 valence electrons. The van der Waals surface area contributed by atoms with Gasteiger partial charge in [-0.05, 0) is 74.3 Å². The van der Waals surface area contributed by atoms with Crippen LogP contribution in [0, 0.1) is 18.8 Å². The van der Waals surface area contributed by atoms with E-state index in [1.807, 2.05) is 62.3 Å². The zero-order valence-electron chi connectivity index (χ0n) is 23.3. The topological polar surface area (TPSA) is 76.6 Å². The summed E-state index contributed by atoms with van der Waals surface area (Å²) in [5.74, 6) is 5.18. The van der Waals surface area contributed by atoms with Crippen molar-refractivity contribution in [1.82, 2.24) is 15.3 Å². The lowest BCUT2D eigenvalue weighted by Crippen LogP contribution is -2.30. The molecule has 1 fully saturated rings. The molecular weight excluding hydrogens is 476 g/mol. The molecule has 1 saturated carbocycles. The summed E-state index contributed by atoms with van der Waals surface area (Å²) in [6, 6.07) is 14.1. The van der Waals surface area contributed by atoms with Gasteiger partial charge in [0.25, 0.3) is 0 Å². The number of ether oxygens (including phenoxy) is 2. The molecule has 1 N–H and O–H groups in total. The van der Waals surface area contributed by atoms with Crippen molar-refractivity contribution >= 4 is 22.6 Å². The van der Waals surface area contributed by atoms with Crippen LogP contribution < -0.4 is 19.7 Å². The normalized spacial score (nSPS) is 18.3. The van der Waals surface area contributed by atoms with Gasteiger partial charge in [-0.15, -0.1) is 0 Å². The van der Waals surface area contributed by atoms with Crippen molar-refractivity contribution < 1.29 is 14.3 Å². The summed E-state index contributed by atoms with van der Waals surface area (Å²) in [5, 5.41) is 4.22. The average molecular weight is 519 g/mol. The Morgan fingerprint density at radius 2 is 1.74 bits per heavy atom. The Balaban J connectivity index is 0.000000204. The van der Waals surface area contributed by atoms with Crippen molar-refractivity contribution in [1.29, 1.82) is 0 Å². The Bertz CT molecular complexity index is 1200. The van der Waals surface area contributed by atoms with Gasteiger partial charge >= 0.3 is 0 Å². The lowest BCUT2D eigenvalue weighted by Gasteiger charge is -2.26. The minimum absolute atomic E-state index is 0.186. The third kappa shape index (κ3) is 7.83. The molecule has 7 nitrogen and oxygen atoms in total. The Hall–Kier alpha value is -3.35. The first-order valence-electron chi connectivity index (χ1n) is 13.9. The van der Waals surface area contributed by atoms with Gasteiger partial charge in [0, 0.05) is 32.4 Å². The van der Waals surface area contributed by atoms with Gasteiger partial charge in [-0.3, -0.25) is 4.79 Å². The second-order valence-corrected chi connectivity index (χ2v) is 10.8. The Morgan fingerprint density at radius 1 is 1.00 bits per heavy atom. The quantitative estimate of drug-likeness (QED) is 0.431. The molecule has 2 heterocycles. The number of para-hydroxylation sites is 1. The molecule has 0 radical (unpaired) electrons. The van der Waals surface area contributed by atoms with Gasteiger partial charge in [0.05, 0.1) is 5.52 Å². The maximum atomic E-state index is 12.0. The third-order valence-electron chi connectivity index (χ3n) is 7.32. The summed E-state index contributed by atoms with van der Waals surface area (Å²) in [6.45, 7) is 6.33. The van der Waals surface area contributed by atoms with Crippen molar-refractivity contribution in [2.45, 2.75) is 58.8 Å². The molecule has 0 spiro atoms. The van der Waals surface area contributed by atoms with E-state index in [0.717, 1.165) is 59.3 Å². The van der Waals surface area contributed by atoms with Crippen molar-refractivity contribution in [3.8, 4) is 11.5 Å². The number of aryl methyl sites for hydroxylation is 2. The maximum absolute atomic E-state index is 12.0. The van der Waals surface area contributed by atoms with Crippen LogP contribution in [0.15, 0.2) is 42.5 Å². The zero-order chi connectivity index (χ0) is 26.9. The number of carbonyl (C=O) groups excluding carboxylic acids is 1. The van der Waals surface area contributed by atoms with E-state index in [-0.39, 0.29) is 5.91 Å². The molecule has 2 aliphatic rings. The highest BCUT2D eigenvalue weighted by molar-refractivity contribution is 5.89. The second kappa shape index (κ2) is 13.4. The third-order valence-corrected chi connectivity index (χ3v) is 7.32. The fraction of sp³-hybridized carbons (Fsp3) is 0.516. The Morgan fingerprint density at radius 3 is 2.50 bits per heavy atom. The molecule has 38 heavy (non-hydrogen) atoms. The van der Waals surface area contributed by atoms with E-state index in [4.69, 9.17) is 9.47 Å². The average Bonchev–Trinajstić information content (AvgIpc) is 2.92. The number of anilines is 1. The van der Waals surface area contributed by atoms with Gasteiger partial charge in [0.1, 0.15) is 24.9 Å². The number of fused-ring (bicyclic) bond motifs is 2. The van der Waals surface area contributed by atoms with Gasteiger partial charge in [-0.25, -0.2) is 9.97 Å². The number of nitrogens with zero attached hydrogens (tertiary/aromatic N) is 3. The van der Waals surface area contributed by atoms with E-state index in [1.165, 1.54) is 31.2 Å². The minimum atomic E-state index is 0.186. The standard InChI is InChI=1S/C20H29NO3.C11H13N3/c1-15-5-7-17(8-6-15)14-21-20(22)4-2-3-16-9-10-18-19(13-16)24-12-11-23-18;1-8-12-10-7-5-4-6-9(10)11(13-8)14(2)3/h9-10,13,15,17H,2-8,11-12,14H2,1H3,(H,21,22);4-7H,1-3H3. The number of hydrogen-bond acceptors (Lipinski definition) is 6. The van der Waals surface area contributed by atoms with E-state index in [0.29, 0.717) is 25.6 Å². The molecule has 0 bridgehead atoms. The van der Waals surface area contributed by atoms with Gasteiger partial charge in [0.15, 0.2) is 11.5 Å². The monoisotopic (exact) mass is 518 g/mol. The highest BCUT2D eigenvalue weighted by atomic mass is 16.6. The van der Waals surface area contributed by atoms with Crippen molar-refractivity contribution in [3.63, 3.8) is 0 Å². The molecule has 2 aromatic carbocycles. The van der Waals surface area contributed by atoms with Crippen LogP contribution in [0.1, 0.15) is 56.8 Å². The zero-order valence-corrected chi connectivity index (χ0v) is 23.3. The van der Waals surface area contributed by atoms with Crippen molar-refractivity contribution in [3.05, 3.63) is 53.9 Å². The molecule has 1 amide bonds. The van der Waals surface area contributed by atoms with E-state index in [9.17, 15) is 4.79 Å². The fourth-order valence-corrected chi connectivity index (χ4v) is 5.09. The number of aromatic nitrogens is 2. The van der Waals surface area contributed by atoms with Crippen LogP contribution >= 0.6 is 0 Å². The highest BCUT2D eigenvalue weighted by Crippen LogP contribution is 2.31. The van der Waals surface area contributed by atoms with Crippen LogP contribution in [0.25, 0.3) is 10.9 Å². The fourth-order valence-electron chi connectivity index (χ4n) is 5.09. The van der Waals surface area contributed by atoms with Gasteiger partial charge in [-0.2, -0.15) is 0 Å². The summed E-state index contributed by atoms with van der Waals surface area (Å²) >= 11 is 0. The highest BCUT2D eigenvalue weighted by Gasteiger charge is 2.18. The molecular formula is C31H42N4O3. The summed E-state index contributed by atoms with van der Waals surface area (Å²) in [5.41, 5.74) is 2.21. The van der Waals surface area contributed by atoms with E-state index in [1.54, 1.807) is 0 Å². The number of rotatable bonds is 7. The second-order valence-electron chi connectivity index (χ2n) is 10.8. The van der Waals surface area contributed by atoms with Crippen LogP contribution in [-0.2, 0) is 11.2 Å². The maximum Gasteiger partial charge on any atom is 0.220 e. The first-order chi connectivity index (χ1) is 18.4. The van der Waals surface area contributed by atoms with E-state index in [2.05, 4.69) is 28.3 Å². The van der Waals surface area contributed by atoms with Crippen molar-refractivity contribution in [2.24, 2.45) is 11.8 Å². The van der Waals surface area contributed by atoms with Gasteiger partial charge < -0.3 is 19.7 Å². The first-order valence-corrected chi connectivity index (χ1v) is 13.9. The molecule has 0 atom stereocenters. The van der Waals surface area contributed by atoms with Gasteiger partial charge in [0.2, 0.25) is 5.91 Å². The number of amides is 1. The number of benzene rings is 2. The molecule has 0 saturated heterocycles. The number of carbonyl (C=O) groups is 1. The van der Waals surface area contributed by atoms with Crippen LogP contribution in [-0.4, -0.2) is 49.7 Å². The van der Waals surface area contributed by atoms with Crippen LogP contribution in [0.4, 0.5) is 5.82 Å². The summed E-state index contributed by atoms with van der Waals surface area (Å²) in [6.07, 6.45) is 7.50. The van der Waals surface area contributed by atoms with Gasteiger partial charge in [-0.1, -0.05) is 38.0 Å². The molecule has 7 heteroatoms. The predicted molar refractivity (Wildman–Crippen MR) is 153 cm³/mol. The predicted octanol–water partition coefficient (Wildman–Crippen LogP) is 5.73. The van der Waals surface area contributed by atoms with Crippen molar-refractivity contribution in [2.75, 3.05) is 38.8 Å². The lowest BCUT2D eigenvalue weighted by atomic mass is 9.83. The Labute approximate surface area is 227 Å². The smallest absolute Gasteiger partial charge is 0.220 e. The largest absolute Gasteiger partial charge is 0.486 e. The molecule has 0 unspecified atom stereocenters. The summed E-state index contributed by atoms with van der Waals surface area (Å²) in [4.78, 5) is 22.8. The minimum Gasteiger partial charge on any atom is -0.486 e. The van der Waals surface area contributed by atoms with Crippen LogP contribution in [0.3, 0.4) is 0 Å². The summed E-state index contributed by atoms with van der Waals surface area (Å²) < 4.78 is 11.1. The van der Waals surface area contributed by atoms with E-state index < -0.39 is 0 Å². The lowest BCUT2D eigenvalue weighted by molar-refractivity contribution is -0.121. The molecule has 1 aliphatic heterocycles. The van der Waals surface area contributed by atoms with E-state index >= 15 is 0 Å². The Kier molecular flexibility index (Phi) is 9.79. The molecule has 3 aromatic rings. The number of nitrogens with one attached hydrogen (secondary N) is 1. The molecule has 1 aromatic heterocycles. The van der Waals surface area contributed by atoms with Crippen LogP contribution in [0.2, 0.25) is 0 Å². The SMILES string of the molecule is CC1CCC(CNC(=O)CCCc2ccc3c(c2)OCCO3)CC1.Cc1nc(N(C)C)c2ccccc2n1. The molecule has 5 rings (SSSR count).